The average molecular weight is 467 g/mol. The van der Waals surface area contributed by atoms with E-state index in [9.17, 15) is 9.59 Å². The van der Waals surface area contributed by atoms with E-state index in [1.165, 1.54) is 11.8 Å². The molecule has 0 aliphatic carbocycles. The number of rotatable bonds is 10. The molecule has 1 atom stereocenters. The van der Waals surface area contributed by atoms with Crippen molar-refractivity contribution < 1.29 is 9.59 Å². The molecule has 162 valence electrons. The van der Waals surface area contributed by atoms with Gasteiger partial charge in [-0.3, -0.25) is 9.59 Å². The van der Waals surface area contributed by atoms with Gasteiger partial charge < -0.3 is 10.2 Å². The number of carbonyl (C=O) groups excluding carboxylic acids is 2. The summed E-state index contributed by atoms with van der Waals surface area (Å²) >= 11 is 13.7. The molecule has 0 spiro atoms. The third kappa shape index (κ3) is 7.53. The lowest BCUT2D eigenvalue weighted by atomic mass is 10.1. The van der Waals surface area contributed by atoms with Crippen molar-refractivity contribution in [2.75, 3.05) is 5.75 Å². The molecule has 2 aromatic carbocycles. The zero-order valence-corrected chi connectivity index (χ0v) is 19.9. The highest BCUT2D eigenvalue weighted by Crippen LogP contribution is 2.22. The fraction of sp³-hybridized carbons (Fsp3) is 0.391. The molecule has 1 N–H and O–H groups in total. The van der Waals surface area contributed by atoms with Crippen LogP contribution in [0, 0.1) is 0 Å². The molecule has 30 heavy (non-hydrogen) atoms. The van der Waals surface area contributed by atoms with Crippen LogP contribution in [0.25, 0.3) is 0 Å². The van der Waals surface area contributed by atoms with Crippen LogP contribution in [0.1, 0.15) is 38.3 Å². The van der Waals surface area contributed by atoms with E-state index in [1.807, 2.05) is 57.2 Å². The Hall–Kier alpha value is -1.69. The first-order valence-corrected chi connectivity index (χ1v) is 11.9. The van der Waals surface area contributed by atoms with Gasteiger partial charge in [-0.25, -0.2) is 0 Å². The number of amides is 2. The first-order chi connectivity index (χ1) is 14.3. The Morgan fingerprint density at radius 2 is 1.73 bits per heavy atom. The minimum absolute atomic E-state index is 0.00799. The highest BCUT2D eigenvalue weighted by Gasteiger charge is 2.28. The normalized spacial score (nSPS) is 11.9. The van der Waals surface area contributed by atoms with Gasteiger partial charge in [0.25, 0.3) is 0 Å². The molecule has 4 nitrogen and oxygen atoms in total. The highest BCUT2D eigenvalue weighted by molar-refractivity contribution is 7.99. The molecule has 0 saturated heterocycles. The monoisotopic (exact) mass is 466 g/mol. The fourth-order valence-corrected chi connectivity index (χ4v) is 4.36. The van der Waals surface area contributed by atoms with Crippen molar-refractivity contribution in [3.8, 4) is 0 Å². The Kier molecular flexibility index (Phi) is 10.0. The van der Waals surface area contributed by atoms with Gasteiger partial charge in [-0.1, -0.05) is 60.5 Å². The second kappa shape index (κ2) is 12.2. The van der Waals surface area contributed by atoms with Crippen molar-refractivity contribution in [1.82, 2.24) is 10.2 Å². The zero-order valence-electron chi connectivity index (χ0n) is 17.5. The Morgan fingerprint density at radius 3 is 2.33 bits per heavy atom. The van der Waals surface area contributed by atoms with E-state index in [1.54, 1.807) is 17.0 Å². The SMILES string of the molecule is CC[C@H](C(=O)NC(C)C)N(Cc1ccc(Cl)cc1)C(=O)CSCc1ccccc1Cl. The summed E-state index contributed by atoms with van der Waals surface area (Å²) in [5, 5.41) is 4.26. The number of thioether (sulfide) groups is 1. The molecule has 0 aliphatic heterocycles. The molecule has 0 saturated carbocycles. The predicted molar refractivity (Wildman–Crippen MR) is 127 cm³/mol. The van der Waals surface area contributed by atoms with Gasteiger partial charge >= 0.3 is 0 Å². The number of hydrogen-bond donors (Lipinski definition) is 1. The van der Waals surface area contributed by atoms with Crippen LogP contribution >= 0.6 is 35.0 Å². The second-order valence-electron chi connectivity index (χ2n) is 7.32. The summed E-state index contributed by atoms with van der Waals surface area (Å²) in [4.78, 5) is 27.6. The Morgan fingerprint density at radius 1 is 1.07 bits per heavy atom. The number of nitrogens with zero attached hydrogens (tertiary/aromatic N) is 1. The van der Waals surface area contributed by atoms with Crippen molar-refractivity contribution in [3.05, 3.63) is 69.7 Å². The summed E-state index contributed by atoms with van der Waals surface area (Å²) in [5.74, 6) is 0.693. The topological polar surface area (TPSA) is 49.4 Å². The standard InChI is InChI=1S/C23H28Cl2N2O2S/c1-4-21(23(29)26-16(2)3)27(13-17-9-11-19(24)12-10-17)22(28)15-30-14-18-7-5-6-8-20(18)25/h5-12,16,21H,4,13-15H2,1-3H3,(H,26,29)/t21-/m1/s1. The average Bonchev–Trinajstić information content (AvgIpc) is 2.70. The summed E-state index contributed by atoms with van der Waals surface area (Å²) in [6.45, 7) is 6.10. The van der Waals surface area contributed by atoms with E-state index in [2.05, 4.69) is 5.32 Å². The summed E-state index contributed by atoms with van der Waals surface area (Å²) in [5.41, 5.74) is 1.92. The van der Waals surface area contributed by atoms with Gasteiger partial charge in [0.15, 0.2) is 0 Å². The van der Waals surface area contributed by atoms with Gasteiger partial charge in [-0.05, 0) is 49.6 Å². The Bertz CT molecular complexity index is 843. The Balaban J connectivity index is 2.13. The molecule has 0 aliphatic rings. The van der Waals surface area contributed by atoms with Crippen molar-refractivity contribution in [2.24, 2.45) is 0 Å². The molecule has 0 unspecified atom stereocenters. The van der Waals surface area contributed by atoms with Crippen LogP contribution in [0.15, 0.2) is 48.5 Å². The quantitative estimate of drug-likeness (QED) is 0.498. The van der Waals surface area contributed by atoms with Crippen LogP contribution in [0.3, 0.4) is 0 Å². The van der Waals surface area contributed by atoms with Gasteiger partial charge in [-0.2, -0.15) is 0 Å². The molecular formula is C23H28Cl2N2O2S. The lowest BCUT2D eigenvalue weighted by Gasteiger charge is -2.31. The van der Waals surface area contributed by atoms with E-state index in [-0.39, 0.29) is 23.6 Å². The summed E-state index contributed by atoms with van der Waals surface area (Å²) < 4.78 is 0. The van der Waals surface area contributed by atoms with Gasteiger partial charge in [-0.15, -0.1) is 11.8 Å². The highest BCUT2D eigenvalue weighted by atomic mass is 35.5. The number of benzene rings is 2. The van der Waals surface area contributed by atoms with Crippen molar-refractivity contribution in [3.63, 3.8) is 0 Å². The molecule has 0 bridgehead atoms. The molecule has 0 fully saturated rings. The minimum atomic E-state index is -0.531. The number of halogens is 2. The van der Waals surface area contributed by atoms with Crippen LogP contribution < -0.4 is 5.32 Å². The number of nitrogens with one attached hydrogen (secondary N) is 1. The molecule has 0 aromatic heterocycles. The molecule has 0 radical (unpaired) electrons. The van der Waals surface area contributed by atoms with E-state index in [0.717, 1.165) is 11.1 Å². The van der Waals surface area contributed by atoms with Crippen molar-refractivity contribution in [1.29, 1.82) is 0 Å². The lowest BCUT2D eigenvalue weighted by molar-refractivity contribution is -0.139. The largest absolute Gasteiger partial charge is 0.352 e. The van der Waals surface area contributed by atoms with E-state index in [0.29, 0.717) is 28.8 Å². The maximum absolute atomic E-state index is 13.1. The third-order valence-corrected chi connectivity index (χ3v) is 6.11. The van der Waals surface area contributed by atoms with Crippen molar-refractivity contribution in [2.45, 2.75) is 51.6 Å². The molecular weight excluding hydrogens is 439 g/mol. The molecule has 0 heterocycles. The van der Waals surface area contributed by atoms with Crippen molar-refractivity contribution >= 4 is 46.8 Å². The smallest absolute Gasteiger partial charge is 0.243 e. The molecule has 2 amide bonds. The Labute approximate surface area is 193 Å². The molecule has 2 aromatic rings. The first kappa shape index (κ1) is 24.6. The molecule has 7 heteroatoms. The van der Waals surface area contributed by atoms with E-state index in [4.69, 9.17) is 23.2 Å². The van der Waals surface area contributed by atoms with Crippen LogP contribution in [0.4, 0.5) is 0 Å². The number of hydrogen-bond acceptors (Lipinski definition) is 3. The van der Waals surface area contributed by atoms with Crippen LogP contribution in [0.5, 0.6) is 0 Å². The van der Waals surface area contributed by atoms with E-state index >= 15 is 0 Å². The lowest BCUT2D eigenvalue weighted by Crippen LogP contribution is -2.50. The maximum Gasteiger partial charge on any atom is 0.243 e. The van der Waals surface area contributed by atoms with E-state index < -0.39 is 6.04 Å². The summed E-state index contributed by atoms with van der Waals surface area (Å²) in [7, 11) is 0. The zero-order chi connectivity index (χ0) is 22.1. The molecule has 2 rings (SSSR count). The minimum Gasteiger partial charge on any atom is -0.352 e. The van der Waals surface area contributed by atoms with Gasteiger partial charge in [0, 0.05) is 28.4 Å². The third-order valence-electron chi connectivity index (χ3n) is 4.52. The van der Waals surface area contributed by atoms with Gasteiger partial charge in [0.2, 0.25) is 11.8 Å². The maximum atomic E-state index is 13.1. The van der Waals surface area contributed by atoms with Crippen LogP contribution in [0.2, 0.25) is 10.0 Å². The first-order valence-electron chi connectivity index (χ1n) is 9.97. The fourth-order valence-electron chi connectivity index (χ4n) is 3.03. The number of carbonyl (C=O) groups is 2. The van der Waals surface area contributed by atoms with Crippen LogP contribution in [-0.4, -0.2) is 34.6 Å². The summed E-state index contributed by atoms with van der Waals surface area (Å²) in [6, 6.07) is 14.4. The van der Waals surface area contributed by atoms with Crippen LogP contribution in [-0.2, 0) is 21.9 Å². The van der Waals surface area contributed by atoms with Gasteiger partial charge in [0.1, 0.15) is 6.04 Å². The predicted octanol–water partition coefficient (Wildman–Crippen LogP) is 5.56. The van der Waals surface area contributed by atoms with Gasteiger partial charge in [0.05, 0.1) is 5.75 Å². The second-order valence-corrected chi connectivity index (χ2v) is 9.15. The summed E-state index contributed by atoms with van der Waals surface area (Å²) in [6.07, 6.45) is 0.535.